The van der Waals surface area contributed by atoms with Gasteiger partial charge >= 0.3 is 0 Å². The highest BCUT2D eigenvalue weighted by atomic mass is 19.1. The molecule has 0 amide bonds. The maximum absolute atomic E-state index is 14.2. The Balaban J connectivity index is 2.12. The van der Waals surface area contributed by atoms with Gasteiger partial charge in [-0.25, -0.2) is 4.39 Å². The standard InChI is InChI=1S/C12H14FNO2/c13-11-8-3-1-4-14-9(8)7-10-12(11)16-6-2-5-15-10/h7,14H,1-6H2. The molecule has 0 unspecified atom stereocenters. The molecule has 86 valence electrons. The molecule has 0 atom stereocenters. The molecule has 1 aromatic carbocycles. The zero-order valence-electron chi connectivity index (χ0n) is 9.01. The van der Waals surface area contributed by atoms with E-state index in [0.29, 0.717) is 24.7 Å². The molecule has 0 aliphatic carbocycles. The molecule has 16 heavy (non-hydrogen) atoms. The first-order chi connectivity index (χ1) is 7.86. The van der Waals surface area contributed by atoms with E-state index in [0.717, 1.165) is 37.1 Å². The third kappa shape index (κ3) is 1.49. The van der Waals surface area contributed by atoms with Gasteiger partial charge in [0, 0.05) is 30.3 Å². The van der Waals surface area contributed by atoms with Gasteiger partial charge in [-0.15, -0.1) is 0 Å². The monoisotopic (exact) mass is 223 g/mol. The van der Waals surface area contributed by atoms with E-state index >= 15 is 0 Å². The molecule has 2 aliphatic rings. The van der Waals surface area contributed by atoms with E-state index in [-0.39, 0.29) is 5.82 Å². The van der Waals surface area contributed by atoms with Crippen LogP contribution in [0, 0.1) is 5.82 Å². The first-order valence-electron chi connectivity index (χ1n) is 5.71. The molecule has 3 rings (SSSR count). The van der Waals surface area contributed by atoms with E-state index in [2.05, 4.69) is 5.32 Å². The Morgan fingerprint density at radius 1 is 1.19 bits per heavy atom. The molecule has 0 saturated heterocycles. The maximum atomic E-state index is 14.2. The largest absolute Gasteiger partial charge is 0.489 e. The van der Waals surface area contributed by atoms with Crippen LogP contribution < -0.4 is 14.8 Å². The lowest BCUT2D eigenvalue weighted by Gasteiger charge is -2.21. The Morgan fingerprint density at radius 2 is 2.06 bits per heavy atom. The Hall–Kier alpha value is -1.45. The van der Waals surface area contributed by atoms with Crippen LogP contribution in [0.2, 0.25) is 0 Å². The van der Waals surface area contributed by atoms with E-state index in [1.54, 1.807) is 0 Å². The smallest absolute Gasteiger partial charge is 0.197 e. The lowest BCUT2D eigenvalue weighted by atomic mass is 10.0. The van der Waals surface area contributed by atoms with Gasteiger partial charge in [0.25, 0.3) is 0 Å². The number of rotatable bonds is 0. The summed E-state index contributed by atoms with van der Waals surface area (Å²) < 4.78 is 25.1. The summed E-state index contributed by atoms with van der Waals surface area (Å²) in [5.41, 5.74) is 1.59. The van der Waals surface area contributed by atoms with Crippen LogP contribution in [0.1, 0.15) is 18.4 Å². The molecule has 2 aliphatic heterocycles. The quantitative estimate of drug-likeness (QED) is 0.732. The summed E-state index contributed by atoms with van der Waals surface area (Å²) in [5.74, 6) is 0.574. The van der Waals surface area contributed by atoms with Crippen LogP contribution in [0.5, 0.6) is 11.5 Å². The summed E-state index contributed by atoms with van der Waals surface area (Å²) in [5, 5.41) is 3.20. The second kappa shape index (κ2) is 3.85. The first-order valence-corrected chi connectivity index (χ1v) is 5.71. The summed E-state index contributed by atoms with van der Waals surface area (Å²) in [4.78, 5) is 0. The van der Waals surface area contributed by atoms with Gasteiger partial charge in [-0.05, 0) is 12.8 Å². The zero-order chi connectivity index (χ0) is 11.0. The average molecular weight is 223 g/mol. The minimum Gasteiger partial charge on any atom is -0.489 e. The predicted octanol–water partition coefficient (Wildman–Crippen LogP) is 2.35. The fourth-order valence-electron chi connectivity index (χ4n) is 2.19. The molecule has 0 aromatic heterocycles. The molecule has 0 saturated carbocycles. The molecule has 0 radical (unpaired) electrons. The van der Waals surface area contributed by atoms with Crippen molar-refractivity contribution in [1.82, 2.24) is 0 Å². The lowest BCUT2D eigenvalue weighted by molar-refractivity contribution is 0.291. The SMILES string of the molecule is Fc1c2c(cc3c1OCCCO3)NCCC2. The van der Waals surface area contributed by atoms with Gasteiger partial charge in [0.15, 0.2) is 17.3 Å². The first kappa shape index (κ1) is 9.75. The number of halogens is 1. The number of benzene rings is 1. The van der Waals surface area contributed by atoms with Gasteiger partial charge < -0.3 is 14.8 Å². The van der Waals surface area contributed by atoms with Crippen LogP contribution in [0.3, 0.4) is 0 Å². The van der Waals surface area contributed by atoms with Crippen molar-refractivity contribution in [3.05, 3.63) is 17.4 Å². The molecular formula is C12H14FNO2. The van der Waals surface area contributed by atoms with E-state index in [1.165, 1.54) is 0 Å². The van der Waals surface area contributed by atoms with Crippen molar-refractivity contribution in [1.29, 1.82) is 0 Å². The fraction of sp³-hybridized carbons (Fsp3) is 0.500. The van der Waals surface area contributed by atoms with Crippen molar-refractivity contribution in [2.45, 2.75) is 19.3 Å². The summed E-state index contributed by atoms with van der Waals surface area (Å²) in [7, 11) is 0. The van der Waals surface area contributed by atoms with Gasteiger partial charge in [-0.3, -0.25) is 0 Å². The van der Waals surface area contributed by atoms with E-state index in [9.17, 15) is 4.39 Å². The van der Waals surface area contributed by atoms with E-state index in [4.69, 9.17) is 9.47 Å². The third-order valence-electron chi connectivity index (χ3n) is 3.00. The molecule has 0 fully saturated rings. The van der Waals surface area contributed by atoms with Crippen LogP contribution >= 0.6 is 0 Å². The highest BCUT2D eigenvalue weighted by Gasteiger charge is 2.23. The predicted molar refractivity (Wildman–Crippen MR) is 58.8 cm³/mol. The Kier molecular flexibility index (Phi) is 2.35. The number of hydrogen-bond acceptors (Lipinski definition) is 3. The fourth-order valence-corrected chi connectivity index (χ4v) is 2.19. The van der Waals surface area contributed by atoms with Crippen LogP contribution in [0.4, 0.5) is 10.1 Å². The molecule has 0 bridgehead atoms. The topological polar surface area (TPSA) is 30.5 Å². The summed E-state index contributed by atoms with van der Waals surface area (Å²) in [6.07, 6.45) is 2.53. The van der Waals surface area contributed by atoms with Gasteiger partial charge in [-0.1, -0.05) is 0 Å². The van der Waals surface area contributed by atoms with Crippen molar-refractivity contribution >= 4 is 5.69 Å². The van der Waals surface area contributed by atoms with E-state index < -0.39 is 0 Å². The van der Waals surface area contributed by atoms with Crippen LogP contribution in [-0.4, -0.2) is 19.8 Å². The van der Waals surface area contributed by atoms with Crippen molar-refractivity contribution in [3.8, 4) is 11.5 Å². The minimum absolute atomic E-state index is 0.249. The van der Waals surface area contributed by atoms with Crippen molar-refractivity contribution in [2.75, 3.05) is 25.1 Å². The van der Waals surface area contributed by atoms with Gasteiger partial charge in [0.1, 0.15) is 0 Å². The number of hydrogen-bond donors (Lipinski definition) is 1. The Bertz CT molecular complexity index is 420. The second-order valence-corrected chi connectivity index (χ2v) is 4.12. The zero-order valence-corrected chi connectivity index (χ0v) is 9.01. The molecule has 1 aromatic rings. The van der Waals surface area contributed by atoms with Crippen LogP contribution in [0.25, 0.3) is 0 Å². The molecule has 4 heteroatoms. The highest BCUT2D eigenvalue weighted by molar-refractivity contribution is 5.62. The maximum Gasteiger partial charge on any atom is 0.197 e. The molecule has 2 heterocycles. The number of fused-ring (bicyclic) bond motifs is 2. The van der Waals surface area contributed by atoms with Crippen molar-refractivity contribution < 1.29 is 13.9 Å². The molecular weight excluding hydrogens is 209 g/mol. The van der Waals surface area contributed by atoms with Crippen LogP contribution in [0.15, 0.2) is 6.07 Å². The van der Waals surface area contributed by atoms with Crippen molar-refractivity contribution in [3.63, 3.8) is 0 Å². The van der Waals surface area contributed by atoms with Gasteiger partial charge in [-0.2, -0.15) is 0 Å². The summed E-state index contributed by atoms with van der Waals surface area (Å²) in [6, 6.07) is 1.86. The third-order valence-corrected chi connectivity index (χ3v) is 3.00. The number of anilines is 1. The Morgan fingerprint density at radius 3 is 3.00 bits per heavy atom. The Labute approximate surface area is 93.6 Å². The van der Waals surface area contributed by atoms with Crippen molar-refractivity contribution in [2.24, 2.45) is 0 Å². The number of nitrogens with one attached hydrogen (secondary N) is 1. The second-order valence-electron chi connectivity index (χ2n) is 4.12. The lowest BCUT2D eigenvalue weighted by Crippen LogP contribution is -2.14. The van der Waals surface area contributed by atoms with Gasteiger partial charge in [0.2, 0.25) is 0 Å². The minimum atomic E-state index is -0.249. The van der Waals surface area contributed by atoms with Gasteiger partial charge in [0.05, 0.1) is 13.2 Å². The van der Waals surface area contributed by atoms with Crippen LogP contribution in [-0.2, 0) is 6.42 Å². The normalized spacial score (nSPS) is 18.3. The average Bonchev–Trinajstić information content (AvgIpc) is 2.55. The number of ether oxygens (including phenoxy) is 2. The summed E-state index contributed by atoms with van der Waals surface area (Å²) >= 11 is 0. The molecule has 3 nitrogen and oxygen atoms in total. The van der Waals surface area contributed by atoms with E-state index in [1.807, 2.05) is 6.07 Å². The molecule has 1 N–H and O–H groups in total. The summed E-state index contributed by atoms with van der Waals surface area (Å²) in [6.45, 7) is 2.01. The highest BCUT2D eigenvalue weighted by Crippen LogP contribution is 2.40. The molecule has 0 spiro atoms.